The van der Waals surface area contributed by atoms with Crippen molar-refractivity contribution in [2.75, 3.05) is 0 Å². The standard InChI is InChI=1S/C41H34N4O/c1-40(2,3)22-17-25-26-18-23(41(4,5)6)20-28-30-13-10-15-32(43-30)39-36-24-11-7-8-16-34(24)46-35(36)21-33(44-39)31-14-9-12-29(42-31)27(19-22)37(25)45-38(26)28/h7-21,45H,1-6H3. The lowest BCUT2D eigenvalue weighted by Crippen LogP contribution is -2.11. The number of pyridine rings is 3. The molecule has 8 bridgehead atoms. The van der Waals surface area contributed by atoms with Crippen molar-refractivity contribution in [2.24, 2.45) is 0 Å². The normalized spacial score (nSPS) is 13.0. The molecule has 46 heavy (non-hydrogen) atoms. The third-order valence-corrected chi connectivity index (χ3v) is 9.46. The number of fused-ring (bicyclic) bond motifs is 15. The van der Waals surface area contributed by atoms with E-state index in [0.717, 1.165) is 78.3 Å². The summed E-state index contributed by atoms with van der Waals surface area (Å²) in [5, 5.41) is 4.38. The van der Waals surface area contributed by atoms with Gasteiger partial charge in [-0.2, -0.15) is 0 Å². The lowest BCUT2D eigenvalue weighted by Gasteiger charge is -2.21. The van der Waals surface area contributed by atoms with Crippen LogP contribution in [-0.4, -0.2) is 19.9 Å². The summed E-state index contributed by atoms with van der Waals surface area (Å²) in [6, 6.07) is 32.0. The van der Waals surface area contributed by atoms with Crippen LogP contribution in [0, 0.1) is 0 Å². The van der Waals surface area contributed by atoms with E-state index in [1.807, 2.05) is 30.3 Å². The number of aromatic nitrogens is 4. The Morgan fingerprint density at radius 2 is 1.07 bits per heavy atom. The molecule has 0 radical (unpaired) electrons. The number of hydrogen-bond acceptors (Lipinski definition) is 4. The SMILES string of the molecule is CC(C)(C)c1cc2c3[nH]c4c(cc(C(C)(C)C)cc4c3c1)-c1cccc(n1)-c1nc(cc3oc4ccccc4c13)-c1cccc-2n1. The molecule has 1 aliphatic rings. The number of nitrogens with one attached hydrogen (secondary N) is 1. The summed E-state index contributed by atoms with van der Waals surface area (Å²) in [5.74, 6) is 0. The Balaban J connectivity index is 1.50. The van der Waals surface area contributed by atoms with Crippen LogP contribution < -0.4 is 0 Å². The molecular weight excluding hydrogens is 564 g/mol. The zero-order valence-corrected chi connectivity index (χ0v) is 26.9. The maximum atomic E-state index is 6.44. The maximum absolute atomic E-state index is 6.44. The van der Waals surface area contributed by atoms with Crippen LogP contribution >= 0.6 is 0 Å². The van der Waals surface area contributed by atoms with Gasteiger partial charge in [0.15, 0.2) is 0 Å². The zero-order chi connectivity index (χ0) is 31.5. The van der Waals surface area contributed by atoms with Crippen LogP contribution in [0.5, 0.6) is 0 Å². The Kier molecular flexibility index (Phi) is 5.37. The molecule has 224 valence electrons. The highest BCUT2D eigenvalue weighted by molar-refractivity contribution is 6.16. The van der Waals surface area contributed by atoms with Crippen LogP contribution in [-0.2, 0) is 10.8 Å². The number of aromatic amines is 1. The minimum atomic E-state index is -0.0643. The summed E-state index contributed by atoms with van der Waals surface area (Å²) >= 11 is 0. The highest BCUT2D eigenvalue weighted by atomic mass is 16.3. The topological polar surface area (TPSA) is 67.6 Å². The van der Waals surface area contributed by atoms with E-state index in [2.05, 4.69) is 107 Å². The van der Waals surface area contributed by atoms with Gasteiger partial charge >= 0.3 is 0 Å². The van der Waals surface area contributed by atoms with Crippen molar-refractivity contribution in [2.45, 2.75) is 52.4 Å². The summed E-state index contributed by atoms with van der Waals surface area (Å²) < 4.78 is 6.44. The number of nitrogens with zero attached hydrogens (tertiary/aromatic N) is 3. The molecule has 0 amide bonds. The van der Waals surface area contributed by atoms with Crippen LogP contribution in [0.4, 0.5) is 0 Å². The molecule has 0 unspecified atom stereocenters. The maximum Gasteiger partial charge on any atom is 0.139 e. The Morgan fingerprint density at radius 3 is 1.70 bits per heavy atom. The first-order chi connectivity index (χ1) is 22.0. The molecule has 5 aromatic heterocycles. The van der Waals surface area contributed by atoms with Gasteiger partial charge in [0.25, 0.3) is 0 Å². The van der Waals surface area contributed by atoms with Crippen molar-refractivity contribution in [3.05, 3.63) is 102 Å². The molecule has 6 heterocycles. The summed E-state index contributed by atoms with van der Waals surface area (Å²) in [6.45, 7) is 13.6. The summed E-state index contributed by atoms with van der Waals surface area (Å²) in [6.07, 6.45) is 0. The molecule has 0 spiro atoms. The molecule has 3 aromatic carbocycles. The first kappa shape index (κ1) is 27.1. The molecule has 1 aliphatic heterocycles. The largest absolute Gasteiger partial charge is 0.456 e. The number of H-pyrrole nitrogens is 1. The van der Waals surface area contributed by atoms with E-state index in [9.17, 15) is 0 Å². The monoisotopic (exact) mass is 598 g/mol. The van der Waals surface area contributed by atoms with Gasteiger partial charge in [-0.25, -0.2) is 15.0 Å². The summed E-state index contributed by atoms with van der Waals surface area (Å²) in [4.78, 5) is 19.8. The van der Waals surface area contributed by atoms with Gasteiger partial charge in [-0.15, -0.1) is 0 Å². The molecule has 5 heteroatoms. The second-order valence-corrected chi connectivity index (χ2v) is 14.7. The molecule has 1 N–H and O–H groups in total. The van der Waals surface area contributed by atoms with Gasteiger partial charge in [-0.1, -0.05) is 71.9 Å². The molecule has 0 saturated heterocycles. The van der Waals surface area contributed by atoms with Gasteiger partial charge in [0.2, 0.25) is 0 Å². The molecule has 0 atom stereocenters. The second-order valence-electron chi connectivity index (χ2n) is 14.7. The fourth-order valence-corrected chi connectivity index (χ4v) is 6.88. The van der Waals surface area contributed by atoms with E-state index in [-0.39, 0.29) is 10.8 Å². The minimum absolute atomic E-state index is 0.0593. The van der Waals surface area contributed by atoms with Crippen LogP contribution in [0.15, 0.2) is 95.4 Å². The molecule has 9 rings (SSSR count). The molecule has 8 aromatic rings. The number of benzene rings is 3. The summed E-state index contributed by atoms with van der Waals surface area (Å²) in [7, 11) is 0. The number of hydrogen-bond donors (Lipinski definition) is 1. The highest BCUT2D eigenvalue weighted by Gasteiger charge is 2.25. The third kappa shape index (κ3) is 3.97. The van der Waals surface area contributed by atoms with Gasteiger partial charge in [-0.05, 0) is 76.6 Å². The Labute approximate surface area is 267 Å². The van der Waals surface area contributed by atoms with Crippen molar-refractivity contribution in [1.29, 1.82) is 0 Å². The fraction of sp³-hybridized carbons (Fsp3) is 0.195. The number of para-hydroxylation sites is 1. The van der Waals surface area contributed by atoms with E-state index in [1.165, 1.54) is 21.9 Å². The first-order valence-electron chi connectivity index (χ1n) is 16.0. The van der Waals surface area contributed by atoms with Crippen molar-refractivity contribution >= 4 is 43.7 Å². The van der Waals surface area contributed by atoms with Crippen molar-refractivity contribution in [3.63, 3.8) is 0 Å². The van der Waals surface area contributed by atoms with Gasteiger partial charge < -0.3 is 9.40 Å². The average molecular weight is 599 g/mol. The van der Waals surface area contributed by atoms with Gasteiger partial charge in [0.05, 0.1) is 44.9 Å². The third-order valence-electron chi connectivity index (χ3n) is 9.46. The number of furan rings is 1. The van der Waals surface area contributed by atoms with Crippen molar-refractivity contribution in [3.8, 4) is 45.3 Å². The second kappa shape index (κ2) is 9.13. The summed E-state index contributed by atoms with van der Waals surface area (Å²) in [5.41, 5.74) is 13.2. The van der Waals surface area contributed by atoms with Gasteiger partial charge in [-0.3, -0.25) is 0 Å². The molecule has 5 nitrogen and oxygen atoms in total. The molecule has 0 aliphatic carbocycles. The van der Waals surface area contributed by atoms with E-state index in [4.69, 9.17) is 19.4 Å². The van der Waals surface area contributed by atoms with E-state index >= 15 is 0 Å². The Bertz CT molecular complexity index is 2550. The molecule has 0 fully saturated rings. The first-order valence-corrected chi connectivity index (χ1v) is 16.0. The Morgan fingerprint density at radius 1 is 0.500 bits per heavy atom. The Hall–Kier alpha value is -5.29. The van der Waals surface area contributed by atoms with E-state index in [0.29, 0.717) is 0 Å². The average Bonchev–Trinajstić information content (AvgIpc) is 3.61. The predicted molar refractivity (Wildman–Crippen MR) is 189 cm³/mol. The van der Waals surface area contributed by atoms with Crippen LogP contribution in [0.2, 0.25) is 0 Å². The fourth-order valence-electron chi connectivity index (χ4n) is 6.88. The van der Waals surface area contributed by atoms with Crippen LogP contribution in [0.1, 0.15) is 52.7 Å². The highest BCUT2D eigenvalue weighted by Crippen LogP contribution is 2.44. The lowest BCUT2D eigenvalue weighted by atomic mass is 9.83. The van der Waals surface area contributed by atoms with Gasteiger partial charge in [0, 0.05) is 33.4 Å². The van der Waals surface area contributed by atoms with E-state index in [1.54, 1.807) is 0 Å². The molecule has 0 saturated carbocycles. The number of rotatable bonds is 0. The van der Waals surface area contributed by atoms with E-state index < -0.39 is 0 Å². The van der Waals surface area contributed by atoms with Crippen LogP contribution in [0.25, 0.3) is 89.0 Å². The lowest BCUT2D eigenvalue weighted by molar-refractivity contribution is 0.590. The van der Waals surface area contributed by atoms with Crippen molar-refractivity contribution in [1.82, 2.24) is 19.9 Å². The minimum Gasteiger partial charge on any atom is -0.456 e. The van der Waals surface area contributed by atoms with Crippen LogP contribution in [0.3, 0.4) is 0 Å². The van der Waals surface area contributed by atoms with Gasteiger partial charge in [0.1, 0.15) is 16.9 Å². The quantitative estimate of drug-likeness (QED) is 0.189. The molecular formula is C41H34N4O. The predicted octanol–water partition coefficient (Wildman–Crippen LogP) is 11.0. The smallest absolute Gasteiger partial charge is 0.139 e. The zero-order valence-electron chi connectivity index (χ0n) is 26.9. The van der Waals surface area contributed by atoms with Crippen molar-refractivity contribution < 1.29 is 4.42 Å².